The van der Waals surface area contributed by atoms with Gasteiger partial charge < -0.3 is 10.0 Å². The minimum absolute atomic E-state index is 0.136. The highest BCUT2D eigenvalue weighted by Gasteiger charge is 2.47. The molecule has 20 heavy (non-hydrogen) atoms. The second kappa shape index (κ2) is 4.58. The van der Waals surface area contributed by atoms with Crippen LogP contribution in [0.25, 0.3) is 0 Å². The smallest absolute Gasteiger partial charge is 0.343 e. The Hall–Kier alpha value is -1.91. The number of carbonyl (C=O) groups excluding carboxylic acids is 1. The Morgan fingerprint density at radius 1 is 1.30 bits per heavy atom. The lowest BCUT2D eigenvalue weighted by Crippen LogP contribution is -2.39. The lowest BCUT2D eigenvalue weighted by atomic mass is 10.0. The van der Waals surface area contributed by atoms with Crippen molar-refractivity contribution in [3.63, 3.8) is 0 Å². The third-order valence-corrected chi connectivity index (χ3v) is 4.27. The molecule has 0 saturated carbocycles. The summed E-state index contributed by atoms with van der Waals surface area (Å²) in [5.74, 6) is -1.73. The zero-order valence-corrected chi connectivity index (χ0v) is 11.1. The number of hydrogen-bond acceptors (Lipinski definition) is 2. The normalized spacial score (nSPS) is 24.8. The second-order valence-corrected chi connectivity index (χ2v) is 5.54. The van der Waals surface area contributed by atoms with Gasteiger partial charge in [-0.25, -0.2) is 9.18 Å². The lowest BCUT2D eigenvalue weighted by Gasteiger charge is -2.19. The summed E-state index contributed by atoms with van der Waals surface area (Å²) in [7, 11) is 0. The fourth-order valence-electron chi connectivity index (χ4n) is 3.11. The van der Waals surface area contributed by atoms with Crippen molar-refractivity contribution >= 4 is 11.9 Å². The summed E-state index contributed by atoms with van der Waals surface area (Å²) in [6.07, 6.45) is 2.73. The third kappa shape index (κ3) is 1.97. The first-order valence-electron chi connectivity index (χ1n) is 6.84. The van der Waals surface area contributed by atoms with Gasteiger partial charge >= 0.3 is 5.97 Å². The van der Waals surface area contributed by atoms with Gasteiger partial charge in [-0.1, -0.05) is 12.1 Å². The van der Waals surface area contributed by atoms with E-state index in [-0.39, 0.29) is 25.4 Å². The van der Waals surface area contributed by atoms with E-state index < -0.39 is 11.6 Å². The minimum Gasteiger partial charge on any atom is -0.479 e. The first-order chi connectivity index (χ1) is 9.51. The molecule has 1 aromatic carbocycles. The summed E-state index contributed by atoms with van der Waals surface area (Å²) in [6.45, 7) is -0.198. The van der Waals surface area contributed by atoms with Crippen molar-refractivity contribution in [3.8, 4) is 0 Å². The minimum atomic E-state index is -2.30. The summed E-state index contributed by atoms with van der Waals surface area (Å²) in [4.78, 5) is 24.7. The van der Waals surface area contributed by atoms with Crippen molar-refractivity contribution in [1.82, 2.24) is 4.90 Å². The van der Waals surface area contributed by atoms with Crippen LogP contribution in [0.4, 0.5) is 4.39 Å². The molecule has 4 nitrogen and oxygen atoms in total. The van der Waals surface area contributed by atoms with E-state index >= 15 is 0 Å². The molecule has 106 valence electrons. The lowest BCUT2D eigenvalue weighted by molar-refractivity contribution is -0.149. The van der Waals surface area contributed by atoms with Crippen molar-refractivity contribution in [2.24, 2.45) is 0 Å². The van der Waals surface area contributed by atoms with Crippen LogP contribution in [0, 0.1) is 0 Å². The van der Waals surface area contributed by atoms with E-state index in [1.165, 1.54) is 10.5 Å². The number of halogens is 1. The first kappa shape index (κ1) is 13.1. The number of likely N-dealkylation sites (tertiary alicyclic amines) is 1. The molecule has 1 saturated heterocycles. The summed E-state index contributed by atoms with van der Waals surface area (Å²) in [5.41, 5.74) is 0.534. The molecule has 3 rings (SSSR count). The maximum Gasteiger partial charge on any atom is 0.343 e. The number of nitrogens with zero attached hydrogens (tertiary/aromatic N) is 1. The Morgan fingerprint density at radius 3 is 2.80 bits per heavy atom. The maximum atomic E-state index is 14.0. The van der Waals surface area contributed by atoms with E-state index in [4.69, 9.17) is 5.11 Å². The van der Waals surface area contributed by atoms with Crippen LogP contribution in [0.2, 0.25) is 0 Å². The van der Waals surface area contributed by atoms with Gasteiger partial charge in [-0.05, 0) is 36.5 Å². The number of carboxylic acids is 1. The molecule has 1 aliphatic heterocycles. The van der Waals surface area contributed by atoms with Crippen molar-refractivity contribution in [2.45, 2.75) is 31.4 Å². The van der Waals surface area contributed by atoms with Crippen molar-refractivity contribution in [3.05, 3.63) is 34.9 Å². The van der Waals surface area contributed by atoms with E-state index in [1.54, 1.807) is 6.07 Å². The number of aliphatic carboxylic acids is 1. The zero-order chi connectivity index (χ0) is 14.3. The van der Waals surface area contributed by atoms with Gasteiger partial charge in [0.15, 0.2) is 0 Å². The molecule has 0 aromatic heterocycles. The van der Waals surface area contributed by atoms with Crippen LogP contribution in [-0.2, 0) is 17.6 Å². The standard InChI is InChI=1S/C15H16FNO3/c16-15(14(19)20)7-8-17(9-15)13(18)12-6-2-4-10-3-1-5-11(10)12/h2,4,6H,1,3,5,7-9H2,(H,19,20)/t15-/m0/s1. The maximum absolute atomic E-state index is 14.0. The molecule has 1 atom stereocenters. The van der Waals surface area contributed by atoms with Gasteiger partial charge in [0.2, 0.25) is 5.67 Å². The molecule has 1 N–H and O–H groups in total. The van der Waals surface area contributed by atoms with E-state index in [0.717, 1.165) is 24.8 Å². The molecule has 5 heteroatoms. The predicted molar refractivity (Wildman–Crippen MR) is 70.5 cm³/mol. The topological polar surface area (TPSA) is 57.6 Å². The SMILES string of the molecule is O=C(c1cccc2c1CCC2)N1CC[C@@](F)(C(=O)O)C1. The Labute approximate surface area is 116 Å². The molecule has 1 amide bonds. The van der Waals surface area contributed by atoms with Gasteiger partial charge in [-0.15, -0.1) is 0 Å². The van der Waals surface area contributed by atoms with E-state index in [0.29, 0.717) is 5.56 Å². The summed E-state index contributed by atoms with van der Waals surface area (Å²) in [6, 6.07) is 5.61. The quantitative estimate of drug-likeness (QED) is 0.897. The zero-order valence-electron chi connectivity index (χ0n) is 11.1. The number of rotatable bonds is 2. The van der Waals surface area contributed by atoms with Crippen molar-refractivity contribution in [2.75, 3.05) is 13.1 Å². The Morgan fingerprint density at radius 2 is 2.10 bits per heavy atom. The van der Waals surface area contributed by atoms with E-state index in [2.05, 4.69) is 0 Å². The molecule has 2 aliphatic rings. The van der Waals surface area contributed by atoms with Gasteiger partial charge in [0, 0.05) is 18.5 Å². The van der Waals surface area contributed by atoms with Crippen LogP contribution in [0.5, 0.6) is 0 Å². The van der Waals surface area contributed by atoms with Gasteiger partial charge in [-0.2, -0.15) is 0 Å². The first-order valence-corrected chi connectivity index (χ1v) is 6.84. The van der Waals surface area contributed by atoms with E-state index in [1.807, 2.05) is 12.1 Å². The number of alkyl halides is 1. The van der Waals surface area contributed by atoms with Crippen molar-refractivity contribution in [1.29, 1.82) is 0 Å². The predicted octanol–water partition coefficient (Wildman–Crippen LogP) is 1.81. The summed E-state index contributed by atoms with van der Waals surface area (Å²) < 4.78 is 14.0. The summed E-state index contributed by atoms with van der Waals surface area (Å²) in [5, 5.41) is 8.88. The van der Waals surface area contributed by atoms with Gasteiger partial charge in [0.25, 0.3) is 5.91 Å². The van der Waals surface area contributed by atoms with Gasteiger partial charge in [0.05, 0.1) is 6.54 Å². The number of carboxylic acid groups (broad SMARTS) is 1. The monoisotopic (exact) mass is 277 g/mol. The average molecular weight is 277 g/mol. The number of amides is 1. The van der Waals surface area contributed by atoms with Crippen LogP contribution in [0.3, 0.4) is 0 Å². The van der Waals surface area contributed by atoms with Crippen molar-refractivity contribution < 1.29 is 19.1 Å². The Bertz CT molecular complexity index is 586. The molecular formula is C15H16FNO3. The molecular weight excluding hydrogens is 261 g/mol. The van der Waals surface area contributed by atoms with Crippen LogP contribution >= 0.6 is 0 Å². The van der Waals surface area contributed by atoms with Gasteiger partial charge in [-0.3, -0.25) is 4.79 Å². The highest BCUT2D eigenvalue weighted by atomic mass is 19.1. The van der Waals surface area contributed by atoms with Crippen LogP contribution in [0.15, 0.2) is 18.2 Å². The van der Waals surface area contributed by atoms with Crippen LogP contribution < -0.4 is 0 Å². The Balaban J connectivity index is 1.85. The van der Waals surface area contributed by atoms with Gasteiger partial charge in [0.1, 0.15) is 0 Å². The molecule has 1 aliphatic carbocycles. The van der Waals surface area contributed by atoms with Crippen LogP contribution in [0.1, 0.15) is 34.3 Å². The number of fused-ring (bicyclic) bond motifs is 1. The molecule has 1 aromatic rings. The molecule has 0 radical (unpaired) electrons. The highest BCUT2D eigenvalue weighted by Crippen LogP contribution is 2.30. The molecule has 1 fully saturated rings. The summed E-state index contributed by atoms with van der Waals surface area (Å²) >= 11 is 0. The molecule has 0 unspecified atom stereocenters. The number of aryl methyl sites for hydroxylation is 1. The second-order valence-electron chi connectivity index (χ2n) is 5.54. The number of carbonyl (C=O) groups is 2. The van der Waals surface area contributed by atoms with E-state index in [9.17, 15) is 14.0 Å². The fourth-order valence-corrected chi connectivity index (χ4v) is 3.11. The largest absolute Gasteiger partial charge is 0.479 e. The molecule has 1 heterocycles. The number of benzene rings is 1. The highest BCUT2D eigenvalue weighted by molar-refractivity contribution is 5.97. The molecule has 0 spiro atoms. The third-order valence-electron chi connectivity index (χ3n) is 4.27. The fraction of sp³-hybridized carbons (Fsp3) is 0.467. The Kier molecular flexibility index (Phi) is 3.00. The number of hydrogen-bond donors (Lipinski definition) is 1. The molecule has 0 bridgehead atoms. The van der Waals surface area contributed by atoms with Crippen LogP contribution in [-0.4, -0.2) is 40.6 Å². The average Bonchev–Trinajstić information content (AvgIpc) is 3.04.